The average Bonchev–Trinajstić information content (AvgIpc) is 3.18. The first kappa shape index (κ1) is 16.3. The summed E-state index contributed by atoms with van der Waals surface area (Å²) < 4.78 is 5.45. The first-order valence-corrected chi connectivity index (χ1v) is 9.29. The lowest BCUT2D eigenvalue weighted by atomic mass is 10.1. The van der Waals surface area contributed by atoms with E-state index in [4.69, 9.17) is 9.72 Å². The molecule has 2 aliphatic heterocycles. The Labute approximate surface area is 148 Å². The summed E-state index contributed by atoms with van der Waals surface area (Å²) in [6.07, 6.45) is 5.25. The Bertz CT molecular complexity index is 778. The fourth-order valence-corrected chi connectivity index (χ4v) is 3.75. The molecule has 25 heavy (non-hydrogen) atoms. The maximum Gasteiger partial charge on any atom is 0.253 e. The van der Waals surface area contributed by atoms with E-state index in [1.165, 1.54) is 24.8 Å². The van der Waals surface area contributed by atoms with E-state index in [1.807, 2.05) is 18.2 Å². The summed E-state index contributed by atoms with van der Waals surface area (Å²) in [6.45, 7) is 4.97. The van der Waals surface area contributed by atoms with Crippen LogP contribution >= 0.6 is 0 Å². The van der Waals surface area contributed by atoms with Crippen LogP contribution in [0.4, 0.5) is 11.5 Å². The van der Waals surface area contributed by atoms with E-state index in [1.54, 1.807) is 0 Å². The van der Waals surface area contributed by atoms with Gasteiger partial charge in [-0.25, -0.2) is 4.98 Å². The lowest BCUT2D eigenvalue weighted by molar-refractivity contribution is -0.124. The van der Waals surface area contributed by atoms with Gasteiger partial charge in [-0.3, -0.25) is 4.79 Å². The molecule has 2 aliphatic rings. The van der Waals surface area contributed by atoms with Crippen LogP contribution < -0.4 is 10.2 Å². The van der Waals surface area contributed by atoms with Crippen molar-refractivity contribution >= 4 is 28.3 Å². The minimum atomic E-state index is -0.309. The predicted octanol–water partition coefficient (Wildman–Crippen LogP) is 3.65. The third-order valence-electron chi connectivity index (χ3n) is 5.17. The molecule has 4 rings (SSSR count). The molecule has 0 bridgehead atoms. The van der Waals surface area contributed by atoms with E-state index >= 15 is 0 Å². The van der Waals surface area contributed by atoms with Crippen molar-refractivity contribution < 1.29 is 9.53 Å². The lowest BCUT2D eigenvalue weighted by Crippen LogP contribution is -2.30. The third kappa shape index (κ3) is 3.47. The first-order valence-electron chi connectivity index (χ1n) is 9.29. The van der Waals surface area contributed by atoms with Crippen molar-refractivity contribution in [1.82, 2.24) is 4.98 Å². The van der Waals surface area contributed by atoms with Gasteiger partial charge >= 0.3 is 0 Å². The van der Waals surface area contributed by atoms with E-state index in [-0.39, 0.29) is 12.0 Å². The number of piperidine rings is 1. The van der Waals surface area contributed by atoms with Gasteiger partial charge in [0.1, 0.15) is 11.9 Å². The van der Waals surface area contributed by atoms with Crippen LogP contribution in [-0.4, -0.2) is 36.7 Å². The van der Waals surface area contributed by atoms with Crippen molar-refractivity contribution in [2.24, 2.45) is 0 Å². The summed E-state index contributed by atoms with van der Waals surface area (Å²) in [6, 6.07) is 8.12. The predicted molar refractivity (Wildman–Crippen MR) is 100 cm³/mol. The number of nitrogens with zero attached hydrogens (tertiary/aromatic N) is 2. The summed E-state index contributed by atoms with van der Waals surface area (Å²) in [5, 5.41) is 4.07. The molecule has 132 valence electrons. The van der Waals surface area contributed by atoms with Gasteiger partial charge < -0.3 is 15.0 Å². The van der Waals surface area contributed by atoms with E-state index in [0.717, 1.165) is 48.3 Å². The minimum absolute atomic E-state index is 0.0487. The number of aryl methyl sites for hydroxylation is 1. The lowest BCUT2D eigenvalue weighted by Gasteiger charge is -2.28. The number of ether oxygens (including phenoxy) is 1. The van der Waals surface area contributed by atoms with E-state index in [2.05, 4.69) is 23.2 Å². The molecule has 2 aromatic rings. The number of nitrogens with one attached hydrogen (secondary N) is 1. The number of rotatable bonds is 3. The molecule has 1 aromatic carbocycles. The summed E-state index contributed by atoms with van der Waals surface area (Å²) in [5.74, 6) is 1.02. The van der Waals surface area contributed by atoms with Gasteiger partial charge in [-0.15, -0.1) is 0 Å². The van der Waals surface area contributed by atoms with Crippen LogP contribution in [0.3, 0.4) is 0 Å². The Morgan fingerprint density at radius 2 is 2.04 bits per heavy atom. The summed E-state index contributed by atoms with van der Waals surface area (Å²) in [4.78, 5) is 19.5. The molecular formula is C20H25N3O2. The second-order valence-corrected chi connectivity index (χ2v) is 7.07. The number of anilines is 2. The molecule has 1 amide bonds. The highest BCUT2D eigenvalue weighted by Gasteiger charge is 2.23. The zero-order valence-electron chi connectivity index (χ0n) is 14.8. The van der Waals surface area contributed by atoms with Crippen molar-refractivity contribution in [2.75, 3.05) is 29.9 Å². The molecular weight excluding hydrogens is 314 g/mol. The maximum absolute atomic E-state index is 12.2. The van der Waals surface area contributed by atoms with Crippen molar-refractivity contribution in [3.63, 3.8) is 0 Å². The van der Waals surface area contributed by atoms with Gasteiger partial charge in [-0.1, -0.05) is 0 Å². The molecule has 1 aromatic heterocycles. The molecule has 0 aliphatic carbocycles. The normalized spacial score (nSPS) is 20.8. The summed E-state index contributed by atoms with van der Waals surface area (Å²) >= 11 is 0. The van der Waals surface area contributed by atoms with Gasteiger partial charge in [0.2, 0.25) is 0 Å². The molecule has 2 saturated heterocycles. The Morgan fingerprint density at radius 3 is 2.80 bits per heavy atom. The smallest absolute Gasteiger partial charge is 0.253 e. The molecule has 1 atom stereocenters. The van der Waals surface area contributed by atoms with E-state index < -0.39 is 0 Å². The molecule has 0 radical (unpaired) electrons. The van der Waals surface area contributed by atoms with Crippen LogP contribution in [0.2, 0.25) is 0 Å². The van der Waals surface area contributed by atoms with Crippen molar-refractivity contribution in [1.29, 1.82) is 0 Å². The number of benzene rings is 1. The topological polar surface area (TPSA) is 54.5 Å². The number of fused-ring (bicyclic) bond motifs is 1. The van der Waals surface area contributed by atoms with Crippen LogP contribution in [0.15, 0.2) is 24.3 Å². The first-order chi connectivity index (χ1) is 12.2. The number of hydrogen-bond acceptors (Lipinski definition) is 4. The zero-order chi connectivity index (χ0) is 17.2. The minimum Gasteiger partial charge on any atom is -0.368 e. The van der Waals surface area contributed by atoms with Crippen LogP contribution in [-0.2, 0) is 9.53 Å². The molecule has 0 spiro atoms. The van der Waals surface area contributed by atoms with Crippen LogP contribution in [0.5, 0.6) is 0 Å². The molecule has 1 unspecified atom stereocenters. The fourth-order valence-electron chi connectivity index (χ4n) is 3.75. The molecule has 0 saturated carbocycles. The summed E-state index contributed by atoms with van der Waals surface area (Å²) in [7, 11) is 0. The van der Waals surface area contributed by atoms with Gasteiger partial charge in [-0.05, 0) is 68.9 Å². The Kier molecular flexibility index (Phi) is 4.57. The molecule has 3 heterocycles. The van der Waals surface area contributed by atoms with Crippen LogP contribution in [0, 0.1) is 6.92 Å². The highest BCUT2D eigenvalue weighted by molar-refractivity contribution is 5.97. The molecule has 5 heteroatoms. The van der Waals surface area contributed by atoms with Gasteiger partial charge in [0.15, 0.2) is 0 Å². The second kappa shape index (κ2) is 7.00. The van der Waals surface area contributed by atoms with Crippen LogP contribution in [0.1, 0.15) is 37.7 Å². The largest absolute Gasteiger partial charge is 0.368 e. The maximum atomic E-state index is 12.2. The monoisotopic (exact) mass is 339 g/mol. The standard InChI is InChI=1S/C20H25N3O2/c1-14-12-19(23-9-3-2-4-10-23)22-17-8-7-15(13-16(14)17)21-20(24)18-6-5-11-25-18/h7-8,12-13,18H,2-6,9-11H2,1H3,(H,21,24). The Morgan fingerprint density at radius 1 is 1.20 bits per heavy atom. The second-order valence-electron chi connectivity index (χ2n) is 7.07. The highest BCUT2D eigenvalue weighted by Crippen LogP contribution is 2.27. The Hall–Kier alpha value is -2.14. The van der Waals surface area contributed by atoms with Gasteiger partial charge in [-0.2, -0.15) is 0 Å². The third-order valence-corrected chi connectivity index (χ3v) is 5.17. The van der Waals surface area contributed by atoms with Crippen LogP contribution in [0.25, 0.3) is 10.9 Å². The number of amides is 1. The van der Waals surface area contributed by atoms with E-state index in [9.17, 15) is 4.79 Å². The van der Waals surface area contributed by atoms with Gasteiger partial charge in [0, 0.05) is 30.8 Å². The van der Waals surface area contributed by atoms with E-state index in [0.29, 0.717) is 6.61 Å². The van der Waals surface area contributed by atoms with Crippen molar-refractivity contribution in [2.45, 2.75) is 45.1 Å². The average molecular weight is 339 g/mol. The molecule has 5 nitrogen and oxygen atoms in total. The zero-order valence-corrected chi connectivity index (χ0v) is 14.8. The van der Waals surface area contributed by atoms with Gasteiger partial charge in [0.05, 0.1) is 5.52 Å². The van der Waals surface area contributed by atoms with Gasteiger partial charge in [0.25, 0.3) is 5.91 Å². The number of carbonyl (C=O) groups excluding carboxylic acids is 1. The molecule has 1 N–H and O–H groups in total. The SMILES string of the molecule is Cc1cc(N2CCCCC2)nc2ccc(NC(=O)C3CCCO3)cc12. The fraction of sp³-hybridized carbons (Fsp3) is 0.500. The quantitative estimate of drug-likeness (QED) is 0.927. The van der Waals surface area contributed by atoms with Crippen molar-refractivity contribution in [3.8, 4) is 0 Å². The Balaban J connectivity index is 1.57. The molecule has 2 fully saturated rings. The number of hydrogen-bond donors (Lipinski definition) is 1. The highest BCUT2D eigenvalue weighted by atomic mass is 16.5. The number of carbonyl (C=O) groups is 1. The number of pyridine rings is 1. The van der Waals surface area contributed by atoms with Crippen molar-refractivity contribution in [3.05, 3.63) is 29.8 Å². The summed E-state index contributed by atoms with van der Waals surface area (Å²) in [5.41, 5.74) is 2.98. The number of aromatic nitrogens is 1.